The van der Waals surface area contributed by atoms with Gasteiger partial charge in [-0.15, -0.1) is 0 Å². The molecule has 6 heteroatoms. The molecule has 3 aromatic carbocycles. The van der Waals surface area contributed by atoms with Crippen LogP contribution in [0.3, 0.4) is 0 Å². The molecule has 0 spiro atoms. The molecule has 1 aliphatic rings. The fourth-order valence-corrected chi connectivity index (χ4v) is 4.38. The number of nitrogens with zero attached hydrogens (tertiary/aromatic N) is 2. The largest absolute Gasteiger partial charge is 0.326 e. The van der Waals surface area contributed by atoms with Crippen molar-refractivity contribution in [1.82, 2.24) is 4.98 Å². The number of benzene rings is 3. The Balaban J connectivity index is 1.63. The third-order valence-electron chi connectivity index (χ3n) is 5.95. The number of carbonyl (C=O) groups is 2. The van der Waals surface area contributed by atoms with Gasteiger partial charge in [-0.05, 0) is 29.8 Å². The van der Waals surface area contributed by atoms with Crippen molar-refractivity contribution >= 4 is 28.8 Å². The van der Waals surface area contributed by atoms with E-state index in [0.29, 0.717) is 17.0 Å². The minimum Gasteiger partial charge on any atom is -0.326 e. The van der Waals surface area contributed by atoms with Crippen LogP contribution in [-0.2, 0) is 10.2 Å². The molecule has 2 N–H and O–H groups in total. The molecule has 1 aliphatic carbocycles. The number of hydrogen-bond acceptors (Lipinski definition) is 5. The summed E-state index contributed by atoms with van der Waals surface area (Å²) in [6, 6.07) is 29.7. The van der Waals surface area contributed by atoms with Gasteiger partial charge in [-0.3, -0.25) is 20.0 Å². The van der Waals surface area contributed by atoms with Crippen molar-refractivity contribution in [2.24, 2.45) is 5.10 Å². The van der Waals surface area contributed by atoms with E-state index in [9.17, 15) is 9.59 Å². The summed E-state index contributed by atoms with van der Waals surface area (Å²) >= 11 is 0. The number of rotatable bonds is 6. The molecule has 1 aromatic heterocycles. The smallest absolute Gasteiger partial charge is 0.226 e. The van der Waals surface area contributed by atoms with E-state index in [1.165, 1.54) is 0 Å². The highest BCUT2D eigenvalue weighted by Crippen LogP contribution is 2.43. The molecule has 4 aromatic rings. The van der Waals surface area contributed by atoms with Gasteiger partial charge in [0.25, 0.3) is 0 Å². The van der Waals surface area contributed by atoms with E-state index < -0.39 is 5.41 Å². The lowest BCUT2D eigenvalue weighted by Gasteiger charge is -2.28. The van der Waals surface area contributed by atoms with E-state index in [0.717, 1.165) is 16.8 Å². The number of para-hydroxylation sites is 1. The van der Waals surface area contributed by atoms with Crippen molar-refractivity contribution in [2.45, 2.75) is 11.8 Å². The standard InChI is InChI=1S/C28H22N4O2/c33-25(30-21-15-17-29-18-16-21)19-28(20-9-3-1-4-10-20)26(32-31-22-11-5-2-6-12-22)23-13-7-8-14-24(23)27(28)34/h1-18,31H,19H2,(H,29,30,33). The lowest BCUT2D eigenvalue weighted by molar-refractivity contribution is -0.116. The van der Waals surface area contributed by atoms with E-state index in [2.05, 4.69) is 15.7 Å². The van der Waals surface area contributed by atoms with Crippen LogP contribution in [-0.4, -0.2) is 22.4 Å². The molecular formula is C28H22N4O2. The van der Waals surface area contributed by atoms with Gasteiger partial charge >= 0.3 is 0 Å². The van der Waals surface area contributed by atoms with E-state index in [4.69, 9.17) is 5.10 Å². The molecule has 1 amide bonds. The van der Waals surface area contributed by atoms with Crippen LogP contribution in [0.2, 0.25) is 0 Å². The zero-order valence-electron chi connectivity index (χ0n) is 18.3. The van der Waals surface area contributed by atoms with Gasteiger partial charge in [0.1, 0.15) is 5.41 Å². The number of amides is 1. The van der Waals surface area contributed by atoms with Crippen molar-refractivity contribution in [2.75, 3.05) is 10.7 Å². The first-order valence-corrected chi connectivity index (χ1v) is 11.0. The maximum absolute atomic E-state index is 14.0. The van der Waals surface area contributed by atoms with Crippen LogP contribution >= 0.6 is 0 Å². The number of anilines is 2. The van der Waals surface area contributed by atoms with Gasteiger partial charge in [-0.2, -0.15) is 5.10 Å². The minimum absolute atomic E-state index is 0.0951. The number of pyridine rings is 1. The maximum Gasteiger partial charge on any atom is 0.226 e. The number of aromatic nitrogens is 1. The third-order valence-corrected chi connectivity index (χ3v) is 5.95. The molecule has 0 bridgehead atoms. The highest BCUT2D eigenvalue weighted by Gasteiger charge is 2.53. The molecule has 0 saturated heterocycles. The lowest BCUT2D eigenvalue weighted by Crippen LogP contribution is -2.42. The highest BCUT2D eigenvalue weighted by atomic mass is 16.2. The van der Waals surface area contributed by atoms with Crippen molar-refractivity contribution in [3.63, 3.8) is 0 Å². The summed E-state index contributed by atoms with van der Waals surface area (Å²) < 4.78 is 0. The van der Waals surface area contributed by atoms with E-state index in [1.54, 1.807) is 30.6 Å². The molecule has 1 atom stereocenters. The van der Waals surface area contributed by atoms with Gasteiger partial charge < -0.3 is 5.32 Å². The van der Waals surface area contributed by atoms with Crippen LogP contribution < -0.4 is 10.7 Å². The van der Waals surface area contributed by atoms with E-state index in [-0.39, 0.29) is 18.1 Å². The molecule has 6 nitrogen and oxygen atoms in total. The zero-order chi connectivity index (χ0) is 23.4. The molecule has 34 heavy (non-hydrogen) atoms. The van der Waals surface area contributed by atoms with E-state index >= 15 is 0 Å². The summed E-state index contributed by atoms with van der Waals surface area (Å²) in [5.74, 6) is -0.434. The highest BCUT2D eigenvalue weighted by molar-refractivity contribution is 6.36. The van der Waals surface area contributed by atoms with Crippen LogP contribution in [0.1, 0.15) is 27.9 Å². The van der Waals surface area contributed by atoms with Gasteiger partial charge in [-0.1, -0.05) is 72.8 Å². The first-order chi connectivity index (χ1) is 16.7. The van der Waals surface area contributed by atoms with Gasteiger partial charge in [0.15, 0.2) is 5.78 Å². The Kier molecular flexibility index (Phi) is 5.70. The summed E-state index contributed by atoms with van der Waals surface area (Å²) in [5, 5.41) is 7.63. The molecule has 166 valence electrons. The zero-order valence-corrected chi connectivity index (χ0v) is 18.3. The Labute approximate surface area is 197 Å². The fraction of sp³-hybridized carbons (Fsp3) is 0.0714. The summed E-state index contributed by atoms with van der Waals surface area (Å²) in [4.78, 5) is 31.3. The van der Waals surface area contributed by atoms with E-state index in [1.807, 2.05) is 78.9 Å². The topological polar surface area (TPSA) is 83.5 Å². The maximum atomic E-state index is 14.0. The Bertz CT molecular complexity index is 1360. The molecule has 0 aliphatic heterocycles. The molecule has 1 heterocycles. The fourth-order valence-electron chi connectivity index (χ4n) is 4.38. The van der Waals surface area contributed by atoms with Crippen molar-refractivity contribution in [3.8, 4) is 0 Å². The van der Waals surface area contributed by atoms with Crippen molar-refractivity contribution < 1.29 is 9.59 Å². The van der Waals surface area contributed by atoms with Crippen LogP contribution in [0.15, 0.2) is 115 Å². The predicted molar refractivity (Wildman–Crippen MR) is 133 cm³/mol. The normalized spacial score (nSPS) is 17.9. The number of carbonyl (C=O) groups excluding carboxylic acids is 2. The molecular weight excluding hydrogens is 424 g/mol. The minimum atomic E-state index is -1.27. The Hall–Kier alpha value is -4.58. The molecule has 0 radical (unpaired) electrons. The number of ketones is 1. The molecule has 0 fully saturated rings. The first kappa shape index (κ1) is 21.3. The molecule has 5 rings (SSSR count). The Morgan fingerprint density at radius 2 is 1.38 bits per heavy atom. The van der Waals surface area contributed by atoms with Crippen LogP contribution in [0, 0.1) is 0 Å². The summed E-state index contributed by atoms with van der Waals surface area (Å²) in [7, 11) is 0. The second kappa shape index (κ2) is 9.11. The van der Waals surface area contributed by atoms with Crippen molar-refractivity contribution in [1.29, 1.82) is 0 Å². The number of fused-ring (bicyclic) bond motifs is 1. The second-order valence-electron chi connectivity index (χ2n) is 8.05. The van der Waals surface area contributed by atoms with Gasteiger partial charge in [0.2, 0.25) is 5.91 Å². The molecule has 1 unspecified atom stereocenters. The third kappa shape index (κ3) is 3.86. The van der Waals surface area contributed by atoms with Gasteiger partial charge in [0, 0.05) is 35.6 Å². The van der Waals surface area contributed by atoms with Gasteiger partial charge in [-0.25, -0.2) is 0 Å². The molecule has 0 saturated carbocycles. The van der Waals surface area contributed by atoms with Crippen molar-refractivity contribution in [3.05, 3.63) is 126 Å². The average Bonchev–Trinajstić information content (AvgIpc) is 3.12. The lowest BCUT2D eigenvalue weighted by atomic mass is 9.72. The summed E-state index contributed by atoms with van der Waals surface area (Å²) in [5.41, 5.74) is 5.73. The number of hydrogen-bond donors (Lipinski definition) is 2. The number of hydrazone groups is 1. The Morgan fingerprint density at radius 1 is 0.765 bits per heavy atom. The van der Waals surface area contributed by atoms with Crippen LogP contribution in [0.25, 0.3) is 0 Å². The summed E-state index contributed by atoms with van der Waals surface area (Å²) in [6.07, 6.45) is 3.12. The summed E-state index contributed by atoms with van der Waals surface area (Å²) in [6.45, 7) is 0. The average molecular weight is 447 g/mol. The monoisotopic (exact) mass is 446 g/mol. The second-order valence-corrected chi connectivity index (χ2v) is 8.05. The van der Waals surface area contributed by atoms with Crippen LogP contribution in [0.5, 0.6) is 0 Å². The first-order valence-electron chi connectivity index (χ1n) is 11.0. The predicted octanol–water partition coefficient (Wildman–Crippen LogP) is 5.06. The number of Topliss-reactive ketones (excluding diaryl/α,β-unsaturated/α-hetero) is 1. The Morgan fingerprint density at radius 3 is 2.09 bits per heavy atom. The quantitative estimate of drug-likeness (QED) is 0.406. The van der Waals surface area contributed by atoms with Crippen LogP contribution in [0.4, 0.5) is 11.4 Å². The number of nitrogens with one attached hydrogen (secondary N) is 2. The van der Waals surface area contributed by atoms with Gasteiger partial charge in [0.05, 0.1) is 11.4 Å². The SMILES string of the molecule is O=C(CC1(c2ccccc2)C(=O)c2ccccc2C1=NNc1ccccc1)Nc1ccncc1.